The first-order valence-electron chi connectivity index (χ1n) is 7.22. The average molecular weight is 308 g/mol. The van der Waals surface area contributed by atoms with Crippen LogP contribution in [0.5, 0.6) is 11.5 Å². The largest absolute Gasteiger partial charge is 0.507 e. The Balaban J connectivity index is 1.95. The Morgan fingerprint density at radius 3 is 2.86 bits per heavy atom. The van der Waals surface area contributed by atoms with Gasteiger partial charge in [0, 0.05) is 11.6 Å². The molecule has 6 heteroatoms. The van der Waals surface area contributed by atoms with Gasteiger partial charge in [-0.15, -0.1) is 0 Å². The Morgan fingerprint density at radius 2 is 2.14 bits per heavy atom. The summed E-state index contributed by atoms with van der Waals surface area (Å²) in [5, 5.41) is 24.1. The number of methoxy groups -OCH3 is 1. The van der Waals surface area contributed by atoms with Gasteiger partial charge >= 0.3 is 0 Å². The van der Waals surface area contributed by atoms with Gasteiger partial charge < -0.3 is 20.3 Å². The number of phenolic OH excluding ortho intramolecular Hbond substituents is 1. The molecule has 5 nitrogen and oxygen atoms in total. The number of aromatic nitrogens is 1. The summed E-state index contributed by atoms with van der Waals surface area (Å²) in [6.07, 6.45) is 3.69. The summed E-state index contributed by atoms with van der Waals surface area (Å²) in [5.74, 6) is 0.786. The molecule has 0 saturated heterocycles. The standard InChI is InChI=1S/C15H20N2O3S/c1-8-11(19)7-12(20-2)13-14(8)21-15(17-13)16-9-5-3-4-6-10(9)18/h7,9-10,18-19H,3-6H2,1-2H3,(H,16,17)/t9-,10-/m0/s1. The smallest absolute Gasteiger partial charge is 0.184 e. The molecule has 0 unspecified atom stereocenters. The number of nitrogens with zero attached hydrogens (tertiary/aromatic N) is 1. The molecule has 0 spiro atoms. The van der Waals surface area contributed by atoms with Crippen molar-refractivity contribution in [3.63, 3.8) is 0 Å². The Morgan fingerprint density at radius 1 is 1.38 bits per heavy atom. The second-order valence-electron chi connectivity index (χ2n) is 5.52. The van der Waals surface area contributed by atoms with Crippen LogP contribution in [0.2, 0.25) is 0 Å². The number of benzene rings is 1. The zero-order chi connectivity index (χ0) is 15.0. The fourth-order valence-corrected chi connectivity index (χ4v) is 3.86. The van der Waals surface area contributed by atoms with Gasteiger partial charge in [-0.3, -0.25) is 0 Å². The molecule has 21 heavy (non-hydrogen) atoms. The number of anilines is 1. The van der Waals surface area contributed by atoms with Crippen molar-refractivity contribution in [3.05, 3.63) is 11.6 Å². The van der Waals surface area contributed by atoms with Crippen LogP contribution in [0.1, 0.15) is 31.2 Å². The monoisotopic (exact) mass is 308 g/mol. The van der Waals surface area contributed by atoms with E-state index in [1.54, 1.807) is 13.2 Å². The van der Waals surface area contributed by atoms with Crippen LogP contribution in [0.25, 0.3) is 10.2 Å². The third-order valence-electron chi connectivity index (χ3n) is 4.11. The summed E-state index contributed by atoms with van der Waals surface area (Å²) < 4.78 is 6.21. The number of aromatic hydroxyl groups is 1. The van der Waals surface area contributed by atoms with Gasteiger partial charge in [0.15, 0.2) is 5.13 Å². The van der Waals surface area contributed by atoms with E-state index in [1.165, 1.54) is 11.3 Å². The topological polar surface area (TPSA) is 74.6 Å². The molecule has 0 bridgehead atoms. The van der Waals surface area contributed by atoms with Crippen molar-refractivity contribution >= 4 is 26.7 Å². The summed E-state index contributed by atoms with van der Waals surface area (Å²) in [6.45, 7) is 1.87. The van der Waals surface area contributed by atoms with Crippen molar-refractivity contribution < 1.29 is 14.9 Å². The summed E-state index contributed by atoms with van der Waals surface area (Å²) in [5.41, 5.74) is 1.56. The van der Waals surface area contributed by atoms with Crippen LogP contribution in [0.4, 0.5) is 5.13 Å². The molecule has 1 saturated carbocycles. The van der Waals surface area contributed by atoms with Crippen molar-refractivity contribution in [3.8, 4) is 11.5 Å². The number of fused-ring (bicyclic) bond motifs is 1. The summed E-state index contributed by atoms with van der Waals surface area (Å²) >= 11 is 1.49. The van der Waals surface area contributed by atoms with E-state index in [4.69, 9.17) is 4.74 Å². The number of aliphatic hydroxyl groups excluding tert-OH is 1. The van der Waals surface area contributed by atoms with E-state index in [0.29, 0.717) is 5.75 Å². The van der Waals surface area contributed by atoms with E-state index in [1.807, 2.05) is 6.92 Å². The van der Waals surface area contributed by atoms with E-state index in [2.05, 4.69) is 10.3 Å². The van der Waals surface area contributed by atoms with Crippen molar-refractivity contribution in [1.29, 1.82) is 0 Å². The SMILES string of the molecule is COc1cc(O)c(C)c2sc(N[C@H]3CCCC[C@@H]3O)nc12. The Labute approximate surface area is 127 Å². The second kappa shape index (κ2) is 5.69. The normalized spacial score (nSPS) is 22.4. The molecule has 2 atom stereocenters. The van der Waals surface area contributed by atoms with Gasteiger partial charge in [-0.1, -0.05) is 24.2 Å². The molecule has 1 heterocycles. The lowest BCUT2D eigenvalue weighted by Gasteiger charge is -2.27. The molecule has 0 radical (unpaired) electrons. The van der Waals surface area contributed by atoms with Gasteiger partial charge in [0.25, 0.3) is 0 Å². The highest BCUT2D eigenvalue weighted by Crippen LogP contribution is 2.39. The molecule has 0 amide bonds. The number of nitrogens with one attached hydrogen (secondary N) is 1. The number of hydrogen-bond donors (Lipinski definition) is 3. The Hall–Kier alpha value is -1.53. The van der Waals surface area contributed by atoms with Crippen LogP contribution in [0.15, 0.2) is 6.07 Å². The highest BCUT2D eigenvalue weighted by molar-refractivity contribution is 7.22. The summed E-state index contributed by atoms with van der Waals surface area (Å²) in [7, 11) is 1.57. The molecule has 3 N–H and O–H groups in total. The van der Waals surface area contributed by atoms with Gasteiger partial charge in [0.05, 0.1) is 24.0 Å². The molecule has 1 aliphatic carbocycles. The maximum Gasteiger partial charge on any atom is 0.184 e. The van der Waals surface area contributed by atoms with Crippen LogP contribution in [-0.2, 0) is 0 Å². The number of aryl methyl sites for hydroxylation is 1. The zero-order valence-electron chi connectivity index (χ0n) is 12.2. The van der Waals surface area contributed by atoms with Gasteiger partial charge in [0.1, 0.15) is 17.0 Å². The Bertz CT molecular complexity index is 656. The van der Waals surface area contributed by atoms with Crippen molar-refractivity contribution in [2.75, 3.05) is 12.4 Å². The minimum Gasteiger partial charge on any atom is -0.507 e. The maximum absolute atomic E-state index is 10.1. The van der Waals surface area contributed by atoms with Crippen molar-refractivity contribution in [2.45, 2.75) is 44.8 Å². The van der Waals surface area contributed by atoms with Gasteiger partial charge in [-0.2, -0.15) is 0 Å². The minimum atomic E-state index is -0.317. The molecule has 114 valence electrons. The highest BCUT2D eigenvalue weighted by Gasteiger charge is 2.24. The van der Waals surface area contributed by atoms with E-state index >= 15 is 0 Å². The van der Waals surface area contributed by atoms with Crippen molar-refractivity contribution in [1.82, 2.24) is 4.98 Å². The minimum absolute atomic E-state index is 0.0548. The molecule has 1 aromatic heterocycles. The first kappa shape index (κ1) is 14.4. The van der Waals surface area contributed by atoms with Crippen LogP contribution in [0, 0.1) is 6.92 Å². The predicted octanol–water partition coefficient (Wildman–Crippen LogP) is 3.03. The fourth-order valence-electron chi connectivity index (χ4n) is 2.81. The maximum atomic E-state index is 10.1. The average Bonchev–Trinajstić information content (AvgIpc) is 2.89. The first-order valence-corrected chi connectivity index (χ1v) is 8.03. The van der Waals surface area contributed by atoms with E-state index in [9.17, 15) is 10.2 Å². The van der Waals surface area contributed by atoms with Gasteiger partial charge in [-0.05, 0) is 19.8 Å². The van der Waals surface area contributed by atoms with E-state index in [0.717, 1.165) is 46.6 Å². The van der Waals surface area contributed by atoms with Gasteiger partial charge in [-0.25, -0.2) is 4.98 Å². The lowest BCUT2D eigenvalue weighted by Crippen LogP contribution is -2.36. The van der Waals surface area contributed by atoms with E-state index in [-0.39, 0.29) is 17.9 Å². The molecule has 1 fully saturated rings. The molecule has 3 rings (SSSR count). The third-order valence-corrected chi connectivity index (χ3v) is 5.22. The molecule has 2 aromatic rings. The Kier molecular flexibility index (Phi) is 3.91. The number of ether oxygens (including phenoxy) is 1. The van der Waals surface area contributed by atoms with Crippen LogP contribution in [-0.4, -0.2) is 34.5 Å². The number of hydrogen-bond acceptors (Lipinski definition) is 6. The summed E-state index contributed by atoms with van der Waals surface area (Å²) in [6, 6.07) is 1.65. The fraction of sp³-hybridized carbons (Fsp3) is 0.533. The molecular weight excluding hydrogens is 288 g/mol. The third kappa shape index (κ3) is 2.65. The number of thiazole rings is 1. The molecule has 0 aliphatic heterocycles. The summed E-state index contributed by atoms with van der Waals surface area (Å²) in [4.78, 5) is 4.57. The van der Waals surface area contributed by atoms with Crippen LogP contribution in [0.3, 0.4) is 0 Å². The second-order valence-corrected chi connectivity index (χ2v) is 6.52. The lowest BCUT2D eigenvalue weighted by molar-refractivity contribution is 0.116. The molecule has 1 aliphatic rings. The lowest BCUT2D eigenvalue weighted by atomic mass is 9.93. The molecule has 1 aromatic carbocycles. The first-order chi connectivity index (χ1) is 10.1. The quantitative estimate of drug-likeness (QED) is 0.812. The number of rotatable bonds is 3. The number of aliphatic hydroxyl groups is 1. The predicted molar refractivity (Wildman–Crippen MR) is 84.5 cm³/mol. The van der Waals surface area contributed by atoms with Crippen LogP contribution >= 0.6 is 11.3 Å². The van der Waals surface area contributed by atoms with Gasteiger partial charge in [0.2, 0.25) is 0 Å². The van der Waals surface area contributed by atoms with Crippen LogP contribution < -0.4 is 10.1 Å². The molecular formula is C15H20N2O3S. The van der Waals surface area contributed by atoms with Crippen molar-refractivity contribution in [2.24, 2.45) is 0 Å². The zero-order valence-corrected chi connectivity index (χ0v) is 13.0. The highest BCUT2D eigenvalue weighted by atomic mass is 32.1. The van der Waals surface area contributed by atoms with E-state index < -0.39 is 0 Å². The number of phenols is 1.